The van der Waals surface area contributed by atoms with E-state index in [9.17, 15) is 14.6 Å². The number of benzene rings is 1. The molecule has 0 bridgehead atoms. The van der Waals surface area contributed by atoms with Crippen molar-refractivity contribution in [3.63, 3.8) is 0 Å². The maximum atomic E-state index is 13.0. The fourth-order valence-corrected chi connectivity index (χ4v) is 2.83. The molecule has 3 N–H and O–H groups in total. The third kappa shape index (κ3) is 2.66. The Bertz CT molecular complexity index is 984. The molecule has 8 nitrogen and oxygen atoms in total. The summed E-state index contributed by atoms with van der Waals surface area (Å²) in [6, 6.07) is 5.78. The van der Waals surface area contributed by atoms with Crippen LogP contribution in [0.5, 0.6) is 0 Å². The second-order valence-corrected chi connectivity index (χ2v) is 5.77. The Balaban J connectivity index is 1.69. The average molecular weight is 355 g/mol. The number of nitrogens with one attached hydrogen (secondary N) is 1. The number of anilines is 2. The highest BCUT2D eigenvalue weighted by Crippen LogP contribution is 2.32. The van der Waals surface area contributed by atoms with Crippen LogP contribution >= 0.6 is 0 Å². The number of nitrogens with zero attached hydrogens (tertiary/aromatic N) is 4. The fraction of sp³-hybridized carbons (Fsp3) is 0.235. The van der Waals surface area contributed by atoms with Crippen LogP contribution in [0.2, 0.25) is 0 Å². The van der Waals surface area contributed by atoms with Crippen LogP contribution in [0.25, 0.3) is 11.2 Å². The van der Waals surface area contributed by atoms with E-state index in [-0.39, 0.29) is 5.82 Å². The number of ether oxygens (including phenoxy) is 1. The van der Waals surface area contributed by atoms with Crippen molar-refractivity contribution in [2.45, 2.75) is 24.5 Å². The Kier molecular flexibility index (Phi) is 4.00. The van der Waals surface area contributed by atoms with Gasteiger partial charge in [0, 0.05) is 5.69 Å². The molecule has 1 aliphatic rings. The molecule has 1 saturated heterocycles. The van der Waals surface area contributed by atoms with Crippen molar-refractivity contribution in [2.24, 2.45) is 0 Å². The maximum Gasteiger partial charge on any atom is 0.167 e. The van der Waals surface area contributed by atoms with Crippen LogP contribution in [0.15, 0.2) is 36.9 Å². The van der Waals surface area contributed by atoms with Gasteiger partial charge in [0.25, 0.3) is 0 Å². The molecule has 132 valence electrons. The summed E-state index contributed by atoms with van der Waals surface area (Å²) in [6.45, 7) is 0. The molecule has 0 spiro atoms. The van der Waals surface area contributed by atoms with Gasteiger partial charge < -0.3 is 20.3 Å². The van der Waals surface area contributed by atoms with Crippen LogP contribution in [0.3, 0.4) is 0 Å². The molecular formula is C17H14FN5O3. The van der Waals surface area contributed by atoms with Crippen molar-refractivity contribution >= 4 is 22.7 Å². The van der Waals surface area contributed by atoms with Gasteiger partial charge in [-0.15, -0.1) is 6.42 Å². The van der Waals surface area contributed by atoms with Crippen molar-refractivity contribution in [3.05, 3.63) is 42.7 Å². The van der Waals surface area contributed by atoms with E-state index in [0.29, 0.717) is 22.7 Å². The lowest BCUT2D eigenvalue weighted by atomic mass is 10.1. The monoisotopic (exact) mass is 355 g/mol. The van der Waals surface area contributed by atoms with E-state index in [1.807, 2.05) is 0 Å². The Morgan fingerprint density at radius 3 is 2.62 bits per heavy atom. The third-order valence-electron chi connectivity index (χ3n) is 4.14. The third-order valence-corrected chi connectivity index (χ3v) is 4.14. The van der Waals surface area contributed by atoms with Crippen molar-refractivity contribution in [2.75, 3.05) is 5.32 Å². The van der Waals surface area contributed by atoms with E-state index >= 15 is 0 Å². The molecule has 9 heteroatoms. The molecule has 4 rings (SSSR count). The molecule has 4 atom stereocenters. The number of hydrogen-bond acceptors (Lipinski definition) is 7. The number of rotatable bonds is 3. The Morgan fingerprint density at radius 1 is 1.15 bits per heavy atom. The summed E-state index contributed by atoms with van der Waals surface area (Å²) in [4.78, 5) is 12.6. The number of hydrogen-bond donors (Lipinski definition) is 3. The SMILES string of the molecule is C#CC1OC(n2cnc3c(Nc4ccc(F)cc4)ncnc32)C(O)C1O. The van der Waals surface area contributed by atoms with Gasteiger partial charge >= 0.3 is 0 Å². The molecule has 3 aromatic rings. The second kappa shape index (κ2) is 6.34. The van der Waals surface area contributed by atoms with E-state index < -0.39 is 24.5 Å². The molecule has 26 heavy (non-hydrogen) atoms. The van der Waals surface area contributed by atoms with Crippen molar-refractivity contribution in [1.82, 2.24) is 19.5 Å². The zero-order valence-electron chi connectivity index (χ0n) is 13.3. The molecule has 1 aromatic carbocycles. The molecular weight excluding hydrogens is 341 g/mol. The first-order chi connectivity index (χ1) is 12.6. The zero-order valence-corrected chi connectivity index (χ0v) is 13.3. The van der Waals surface area contributed by atoms with Crippen LogP contribution in [0.4, 0.5) is 15.9 Å². The molecule has 0 saturated carbocycles. The van der Waals surface area contributed by atoms with Gasteiger partial charge in [0.1, 0.15) is 30.5 Å². The van der Waals surface area contributed by atoms with Gasteiger partial charge in [-0.3, -0.25) is 4.57 Å². The average Bonchev–Trinajstić information content (AvgIpc) is 3.19. The first-order valence-corrected chi connectivity index (χ1v) is 7.76. The molecule has 0 radical (unpaired) electrons. The van der Waals surface area contributed by atoms with Crippen molar-refractivity contribution < 1.29 is 19.3 Å². The van der Waals surface area contributed by atoms with E-state index in [1.54, 1.807) is 12.1 Å². The number of fused-ring (bicyclic) bond motifs is 1. The molecule has 3 heterocycles. The van der Waals surface area contributed by atoms with Gasteiger partial charge in [0.05, 0.1) is 6.33 Å². The first-order valence-electron chi connectivity index (χ1n) is 7.76. The van der Waals surface area contributed by atoms with Gasteiger partial charge in [0.15, 0.2) is 23.2 Å². The van der Waals surface area contributed by atoms with Crippen LogP contribution in [-0.2, 0) is 4.74 Å². The number of imidazole rings is 1. The highest BCUT2D eigenvalue weighted by atomic mass is 19.1. The lowest BCUT2D eigenvalue weighted by Crippen LogP contribution is -2.30. The van der Waals surface area contributed by atoms with Crippen molar-refractivity contribution in [1.29, 1.82) is 0 Å². The molecule has 1 aliphatic heterocycles. The Labute approximate surface area is 147 Å². The largest absolute Gasteiger partial charge is 0.386 e. The van der Waals surface area contributed by atoms with E-state index in [2.05, 4.69) is 26.2 Å². The Hall–Kier alpha value is -3.06. The number of aliphatic hydroxyl groups excluding tert-OH is 2. The topological polar surface area (TPSA) is 105 Å². The number of terminal acetylenes is 1. The summed E-state index contributed by atoms with van der Waals surface area (Å²) in [7, 11) is 0. The summed E-state index contributed by atoms with van der Waals surface area (Å²) in [5.41, 5.74) is 1.44. The fourth-order valence-electron chi connectivity index (χ4n) is 2.83. The molecule has 2 aromatic heterocycles. The first kappa shape index (κ1) is 16.4. The minimum absolute atomic E-state index is 0.346. The van der Waals surface area contributed by atoms with Crippen LogP contribution in [0.1, 0.15) is 6.23 Å². The zero-order chi connectivity index (χ0) is 18.3. The number of halogens is 1. The summed E-state index contributed by atoms with van der Waals surface area (Å²) < 4.78 is 20.1. The van der Waals surface area contributed by atoms with Crippen LogP contribution < -0.4 is 5.32 Å². The molecule has 4 unspecified atom stereocenters. The van der Waals surface area contributed by atoms with Crippen molar-refractivity contribution in [3.8, 4) is 12.3 Å². The summed E-state index contributed by atoms with van der Waals surface area (Å²) in [5.74, 6) is 2.35. The molecule has 0 aliphatic carbocycles. The van der Waals surface area contributed by atoms with E-state index in [4.69, 9.17) is 11.2 Å². The second-order valence-electron chi connectivity index (χ2n) is 5.77. The maximum absolute atomic E-state index is 13.0. The van der Waals surface area contributed by atoms with E-state index in [0.717, 1.165) is 0 Å². The van der Waals surface area contributed by atoms with E-state index in [1.165, 1.54) is 29.4 Å². The highest BCUT2D eigenvalue weighted by molar-refractivity contribution is 5.85. The Morgan fingerprint density at radius 2 is 1.92 bits per heavy atom. The summed E-state index contributed by atoms with van der Waals surface area (Å²) in [5, 5.41) is 23.2. The standard InChI is InChI=1S/C17H14FN5O3/c1-2-11-13(24)14(25)17(26-11)23-8-21-12-15(19-7-20-16(12)23)22-10-5-3-9(18)4-6-10/h1,3-8,11,13-14,17,24-25H,(H,19,20,22). The van der Waals surface area contributed by atoms with Gasteiger partial charge in [-0.2, -0.15) is 0 Å². The lowest BCUT2D eigenvalue weighted by Gasteiger charge is -2.16. The molecule has 0 amide bonds. The smallest absolute Gasteiger partial charge is 0.167 e. The number of aliphatic hydroxyl groups is 2. The lowest BCUT2D eigenvalue weighted by molar-refractivity contribution is -0.0230. The number of aromatic nitrogens is 4. The van der Waals surface area contributed by atoms with Gasteiger partial charge in [-0.1, -0.05) is 5.92 Å². The van der Waals surface area contributed by atoms with Gasteiger partial charge in [-0.05, 0) is 24.3 Å². The minimum Gasteiger partial charge on any atom is -0.386 e. The summed E-state index contributed by atoms with van der Waals surface area (Å²) in [6.07, 6.45) is 3.77. The highest BCUT2D eigenvalue weighted by Gasteiger charge is 2.43. The van der Waals surface area contributed by atoms with Gasteiger partial charge in [0.2, 0.25) is 0 Å². The normalized spacial score (nSPS) is 25.3. The van der Waals surface area contributed by atoms with Crippen LogP contribution in [-0.4, -0.2) is 48.0 Å². The molecule has 1 fully saturated rings. The summed E-state index contributed by atoms with van der Waals surface area (Å²) >= 11 is 0. The predicted octanol–water partition coefficient (Wildman–Crippen LogP) is 0.961. The minimum atomic E-state index is -1.23. The van der Waals surface area contributed by atoms with Gasteiger partial charge in [-0.25, -0.2) is 19.3 Å². The van der Waals surface area contributed by atoms with Crippen LogP contribution in [0, 0.1) is 18.2 Å². The predicted molar refractivity (Wildman–Crippen MR) is 89.8 cm³/mol. The quantitative estimate of drug-likeness (QED) is 0.601.